The van der Waals surface area contributed by atoms with Crippen LogP contribution >= 0.6 is 12.2 Å². The molecule has 0 saturated carbocycles. The topological polar surface area (TPSA) is 61.8 Å². The summed E-state index contributed by atoms with van der Waals surface area (Å²) in [7, 11) is 0. The zero-order valence-corrected chi connectivity index (χ0v) is 11.8. The molecule has 2 heterocycles. The van der Waals surface area contributed by atoms with E-state index in [0.29, 0.717) is 24.7 Å². The first-order valence-electron chi connectivity index (χ1n) is 6.66. The van der Waals surface area contributed by atoms with Crippen molar-refractivity contribution in [3.05, 3.63) is 29.3 Å². The molecule has 1 aromatic carbocycles. The van der Waals surface area contributed by atoms with E-state index in [0.717, 1.165) is 17.7 Å². The van der Waals surface area contributed by atoms with Crippen molar-refractivity contribution in [3.8, 4) is 5.75 Å². The SMILES string of the molecule is O=C1C[C@H](c2cccc3c2OCC3)N(CCO)C(=S)N1. The van der Waals surface area contributed by atoms with Gasteiger partial charge in [0.05, 0.1) is 25.7 Å². The minimum Gasteiger partial charge on any atom is -0.493 e. The van der Waals surface area contributed by atoms with Gasteiger partial charge in [0.15, 0.2) is 5.11 Å². The molecule has 1 atom stereocenters. The molecule has 0 unspecified atom stereocenters. The molecule has 106 valence electrons. The normalized spacial score (nSPS) is 21.4. The lowest BCUT2D eigenvalue weighted by molar-refractivity contribution is -0.122. The van der Waals surface area contributed by atoms with E-state index in [2.05, 4.69) is 5.32 Å². The summed E-state index contributed by atoms with van der Waals surface area (Å²) in [4.78, 5) is 13.6. The van der Waals surface area contributed by atoms with Crippen molar-refractivity contribution in [3.63, 3.8) is 0 Å². The number of thiocarbonyl (C=S) groups is 1. The van der Waals surface area contributed by atoms with Gasteiger partial charge in [0, 0.05) is 18.5 Å². The minimum atomic E-state index is -0.170. The van der Waals surface area contributed by atoms with Gasteiger partial charge in [0.2, 0.25) is 5.91 Å². The molecule has 0 radical (unpaired) electrons. The zero-order valence-electron chi connectivity index (χ0n) is 11.0. The molecule has 1 aromatic rings. The largest absolute Gasteiger partial charge is 0.493 e. The van der Waals surface area contributed by atoms with E-state index in [1.54, 1.807) is 0 Å². The Balaban J connectivity index is 1.99. The molecule has 2 N–H and O–H groups in total. The van der Waals surface area contributed by atoms with Gasteiger partial charge in [-0.15, -0.1) is 0 Å². The highest BCUT2D eigenvalue weighted by Crippen LogP contribution is 2.38. The summed E-state index contributed by atoms with van der Waals surface area (Å²) in [5.74, 6) is 0.780. The third-order valence-electron chi connectivity index (χ3n) is 3.71. The molecule has 1 fully saturated rings. The Labute approximate surface area is 122 Å². The van der Waals surface area contributed by atoms with Crippen LogP contribution in [0.2, 0.25) is 0 Å². The van der Waals surface area contributed by atoms with Crippen LogP contribution in [0, 0.1) is 0 Å². The monoisotopic (exact) mass is 292 g/mol. The van der Waals surface area contributed by atoms with Gasteiger partial charge >= 0.3 is 0 Å². The van der Waals surface area contributed by atoms with E-state index in [9.17, 15) is 9.90 Å². The fourth-order valence-electron chi connectivity index (χ4n) is 2.82. The van der Waals surface area contributed by atoms with Crippen LogP contribution in [0.5, 0.6) is 5.75 Å². The number of ether oxygens (including phenoxy) is 1. The molecule has 0 bridgehead atoms. The van der Waals surface area contributed by atoms with Gasteiger partial charge in [-0.05, 0) is 17.8 Å². The van der Waals surface area contributed by atoms with E-state index >= 15 is 0 Å². The average Bonchev–Trinajstić information content (AvgIpc) is 2.90. The van der Waals surface area contributed by atoms with Gasteiger partial charge in [-0.1, -0.05) is 18.2 Å². The Morgan fingerprint density at radius 3 is 3.15 bits per heavy atom. The summed E-state index contributed by atoms with van der Waals surface area (Å²) in [6.07, 6.45) is 1.21. The summed E-state index contributed by atoms with van der Waals surface area (Å²) in [6.45, 7) is 1.06. The quantitative estimate of drug-likeness (QED) is 0.806. The summed E-state index contributed by atoms with van der Waals surface area (Å²) in [5.41, 5.74) is 2.15. The number of carbonyl (C=O) groups excluding carboxylic acids is 1. The van der Waals surface area contributed by atoms with Crippen molar-refractivity contribution >= 4 is 23.2 Å². The van der Waals surface area contributed by atoms with E-state index in [-0.39, 0.29) is 18.6 Å². The van der Waals surface area contributed by atoms with Crippen molar-refractivity contribution in [2.45, 2.75) is 18.9 Å². The molecule has 1 amide bonds. The number of aliphatic hydroxyl groups is 1. The van der Waals surface area contributed by atoms with Crippen LogP contribution < -0.4 is 10.1 Å². The molecular formula is C14H16N2O3S. The Bertz CT molecular complexity index is 561. The third kappa shape index (κ3) is 2.25. The average molecular weight is 292 g/mol. The predicted octanol–water partition coefficient (Wildman–Crippen LogP) is 0.762. The maximum Gasteiger partial charge on any atom is 0.228 e. The summed E-state index contributed by atoms with van der Waals surface area (Å²) >= 11 is 5.22. The number of nitrogens with one attached hydrogen (secondary N) is 1. The van der Waals surface area contributed by atoms with Gasteiger partial charge in [-0.2, -0.15) is 0 Å². The van der Waals surface area contributed by atoms with Crippen LogP contribution in [-0.2, 0) is 11.2 Å². The van der Waals surface area contributed by atoms with Crippen LogP contribution in [0.15, 0.2) is 18.2 Å². The second-order valence-electron chi connectivity index (χ2n) is 4.92. The number of hydrogen-bond acceptors (Lipinski definition) is 4. The third-order valence-corrected chi connectivity index (χ3v) is 4.04. The molecule has 2 aliphatic rings. The second kappa shape index (κ2) is 5.38. The lowest BCUT2D eigenvalue weighted by atomic mass is 9.97. The lowest BCUT2D eigenvalue weighted by Gasteiger charge is -2.37. The van der Waals surface area contributed by atoms with Crippen molar-refractivity contribution < 1.29 is 14.6 Å². The van der Waals surface area contributed by atoms with Crippen LogP contribution in [-0.4, -0.2) is 40.8 Å². The number of para-hydroxylation sites is 1. The van der Waals surface area contributed by atoms with E-state index in [4.69, 9.17) is 17.0 Å². The maximum absolute atomic E-state index is 11.8. The number of aliphatic hydroxyl groups excluding tert-OH is 1. The predicted molar refractivity (Wildman–Crippen MR) is 77.5 cm³/mol. The summed E-state index contributed by atoms with van der Waals surface area (Å²) in [6, 6.07) is 5.83. The lowest BCUT2D eigenvalue weighted by Crippen LogP contribution is -2.51. The highest BCUT2D eigenvalue weighted by atomic mass is 32.1. The Morgan fingerprint density at radius 2 is 2.35 bits per heavy atom. The molecule has 1 saturated heterocycles. The molecule has 0 spiro atoms. The first-order valence-corrected chi connectivity index (χ1v) is 7.07. The standard InChI is InChI=1S/C14H16N2O3S/c17-6-5-16-11(8-12(18)15-14(16)20)10-3-1-2-9-4-7-19-13(9)10/h1-3,11,17H,4-8H2,(H,15,18,20)/t11-/m1/s1. The van der Waals surface area contributed by atoms with E-state index in [1.165, 1.54) is 5.56 Å². The number of hydrogen-bond donors (Lipinski definition) is 2. The molecule has 5 nitrogen and oxygen atoms in total. The smallest absolute Gasteiger partial charge is 0.228 e. The van der Waals surface area contributed by atoms with Crippen molar-refractivity contribution in [1.82, 2.24) is 10.2 Å². The number of benzene rings is 1. The molecule has 0 aromatic heterocycles. The van der Waals surface area contributed by atoms with E-state index < -0.39 is 0 Å². The fraction of sp³-hybridized carbons (Fsp3) is 0.429. The Morgan fingerprint density at radius 1 is 1.50 bits per heavy atom. The summed E-state index contributed by atoms with van der Waals surface area (Å²) in [5, 5.41) is 12.2. The maximum atomic E-state index is 11.8. The molecule has 6 heteroatoms. The molecule has 0 aliphatic carbocycles. The van der Waals surface area contributed by atoms with Crippen molar-refractivity contribution in [1.29, 1.82) is 0 Å². The Hall–Kier alpha value is -1.66. The van der Waals surface area contributed by atoms with Crippen molar-refractivity contribution in [2.24, 2.45) is 0 Å². The first kappa shape index (κ1) is 13.3. The fourth-order valence-corrected chi connectivity index (χ4v) is 3.15. The van der Waals surface area contributed by atoms with Gasteiger partial charge in [0.1, 0.15) is 5.75 Å². The van der Waals surface area contributed by atoms with E-state index in [1.807, 2.05) is 23.1 Å². The summed E-state index contributed by atoms with van der Waals surface area (Å²) < 4.78 is 5.72. The van der Waals surface area contributed by atoms with Gasteiger partial charge in [-0.3, -0.25) is 4.79 Å². The highest BCUT2D eigenvalue weighted by molar-refractivity contribution is 7.80. The number of nitrogens with zero attached hydrogens (tertiary/aromatic N) is 1. The molecule has 3 rings (SSSR count). The first-order chi connectivity index (χ1) is 9.70. The number of carbonyl (C=O) groups is 1. The number of fused-ring (bicyclic) bond motifs is 1. The molecular weight excluding hydrogens is 276 g/mol. The second-order valence-corrected chi connectivity index (χ2v) is 5.31. The Kier molecular flexibility index (Phi) is 3.58. The van der Waals surface area contributed by atoms with Gasteiger partial charge < -0.3 is 20.1 Å². The molecule has 20 heavy (non-hydrogen) atoms. The van der Waals surface area contributed by atoms with Crippen LogP contribution in [0.25, 0.3) is 0 Å². The minimum absolute atomic E-state index is 0.0115. The van der Waals surface area contributed by atoms with Crippen LogP contribution in [0.1, 0.15) is 23.6 Å². The van der Waals surface area contributed by atoms with Gasteiger partial charge in [-0.25, -0.2) is 0 Å². The number of rotatable bonds is 3. The van der Waals surface area contributed by atoms with Crippen LogP contribution in [0.4, 0.5) is 0 Å². The zero-order chi connectivity index (χ0) is 14.1. The number of β-amino-alcohol motifs (C(OH)–C–C–N with tert-alkyl or cyclic N) is 1. The highest BCUT2D eigenvalue weighted by Gasteiger charge is 2.33. The van der Waals surface area contributed by atoms with Gasteiger partial charge in [0.25, 0.3) is 0 Å². The molecule has 2 aliphatic heterocycles. The van der Waals surface area contributed by atoms with Crippen LogP contribution in [0.3, 0.4) is 0 Å². The van der Waals surface area contributed by atoms with Crippen molar-refractivity contribution in [2.75, 3.05) is 19.8 Å². The number of amides is 1.